The Balaban J connectivity index is 1.47. The Kier molecular flexibility index (Phi) is 4.82. The van der Waals surface area contributed by atoms with Crippen molar-refractivity contribution in [2.24, 2.45) is 18.9 Å². The van der Waals surface area contributed by atoms with Crippen LogP contribution < -0.4 is 0 Å². The Morgan fingerprint density at radius 1 is 1.36 bits per heavy atom. The molecule has 0 N–H and O–H groups in total. The lowest BCUT2D eigenvalue weighted by Gasteiger charge is -2.33. The molecule has 2 aromatic rings. The lowest BCUT2D eigenvalue weighted by atomic mass is 9.88. The first-order valence-corrected chi connectivity index (χ1v) is 9.22. The summed E-state index contributed by atoms with van der Waals surface area (Å²) in [5.41, 5.74) is 0.361. The first-order valence-electron chi connectivity index (χ1n) is 9.22. The highest BCUT2D eigenvalue weighted by molar-refractivity contribution is 5.96. The van der Waals surface area contributed by atoms with Crippen LogP contribution in [0.5, 0.6) is 0 Å². The van der Waals surface area contributed by atoms with Crippen molar-refractivity contribution in [1.82, 2.24) is 24.6 Å². The van der Waals surface area contributed by atoms with E-state index in [0.29, 0.717) is 19.6 Å². The summed E-state index contributed by atoms with van der Waals surface area (Å²) in [5, 5.41) is 3.71. The SMILES string of the molecule is Cn1cc(C(=O)N2C[C@H]3CCN(Cc4cccnc4)C(=O)[C@@H]3C2)c(C(F)F)n1. The molecule has 28 heavy (non-hydrogen) atoms. The van der Waals surface area contributed by atoms with Gasteiger partial charge in [0.2, 0.25) is 5.91 Å². The summed E-state index contributed by atoms with van der Waals surface area (Å²) >= 11 is 0. The van der Waals surface area contributed by atoms with E-state index in [1.54, 1.807) is 17.3 Å². The Morgan fingerprint density at radius 3 is 2.89 bits per heavy atom. The monoisotopic (exact) mass is 389 g/mol. The fourth-order valence-electron chi connectivity index (χ4n) is 4.15. The van der Waals surface area contributed by atoms with Gasteiger partial charge in [0.1, 0.15) is 5.69 Å². The van der Waals surface area contributed by atoms with Crippen LogP contribution in [0, 0.1) is 11.8 Å². The predicted molar refractivity (Wildman–Crippen MR) is 95.3 cm³/mol. The van der Waals surface area contributed by atoms with E-state index < -0.39 is 18.0 Å². The van der Waals surface area contributed by atoms with Gasteiger partial charge in [-0.2, -0.15) is 5.10 Å². The molecule has 9 heteroatoms. The summed E-state index contributed by atoms with van der Waals surface area (Å²) in [5.74, 6) is -0.700. The molecule has 0 aromatic carbocycles. The maximum atomic E-state index is 13.2. The molecule has 4 rings (SSSR count). The van der Waals surface area contributed by atoms with E-state index >= 15 is 0 Å². The highest BCUT2D eigenvalue weighted by atomic mass is 19.3. The van der Waals surface area contributed by atoms with Gasteiger partial charge >= 0.3 is 0 Å². The predicted octanol–water partition coefficient (Wildman–Crippen LogP) is 1.87. The van der Waals surface area contributed by atoms with Gasteiger partial charge in [-0.25, -0.2) is 8.78 Å². The summed E-state index contributed by atoms with van der Waals surface area (Å²) in [6, 6.07) is 3.75. The zero-order chi connectivity index (χ0) is 19.8. The van der Waals surface area contributed by atoms with Crippen LogP contribution in [0.4, 0.5) is 8.78 Å². The van der Waals surface area contributed by atoms with Gasteiger partial charge in [0.05, 0.1) is 11.5 Å². The van der Waals surface area contributed by atoms with E-state index in [1.165, 1.54) is 22.8 Å². The van der Waals surface area contributed by atoms with Crippen LogP contribution in [0.2, 0.25) is 0 Å². The Bertz CT molecular complexity index is 886. The topological polar surface area (TPSA) is 71.3 Å². The fourth-order valence-corrected chi connectivity index (χ4v) is 4.15. The molecule has 0 saturated carbocycles. The second-order valence-electron chi connectivity index (χ2n) is 7.39. The number of hydrogen-bond acceptors (Lipinski definition) is 4. The number of fused-ring (bicyclic) bond motifs is 1. The third kappa shape index (κ3) is 3.36. The molecule has 0 bridgehead atoms. The molecule has 2 amide bonds. The van der Waals surface area contributed by atoms with Gasteiger partial charge in [-0.05, 0) is 24.0 Å². The highest BCUT2D eigenvalue weighted by Gasteiger charge is 2.45. The van der Waals surface area contributed by atoms with Crippen LogP contribution in [-0.4, -0.2) is 56.0 Å². The Hall–Kier alpha value is -2.84. The molecule has 0 radical (unpaired) electrons. The quantitative estimate of drug-likeness (QED) is 0.801. The summed E-state index contributed by atoms with van der Waals surface area (Å²) in [6.45, 7) is 1.77. The van der Waals surface area contributed by atoms with E-state index in [4.69, 9.17) is 0 Å². The van der Waals surface area contributed by atoms with E-state index in [9.17, 15) is 18.4 Å². The van der Waals surface area contributed by atoms with Crippen molar-refractivity contribution in [3.63, 3.8) is 0 Å². The van der Waals surface area contributed by atoms with E-state index in [2.05, 4.69) is 10.1 Å². The lowest BCUT2D eigenvalue weighted by molar-refractivity contribution is -0.140. The second kappa shape index (κ2) is 7.29. The van der Waals surface area contributed by atoms with Crippen molar-refractivity contribution in [2.45, 2.75) is 19.4 Å². The molecule has 7 nitrogen and oxygen atoms in total. The molecule has 2 aliphatic heterocycles. The van der Waals surface area contributed by atoms with Gasteiger partial charge in [-0.3, -0.25) is 19.3 Å². The fraction of sp³-hybridized carbons (Fsp3) is 0.474. The normalized spacial score (nSPS) is 22.1. The van der Waals surface area contributed by atoms with Crippen LogP contribution in [0.1, 0.15) is 34.5 Å². The van der Waals surface area contributed by atoms with E-state index in [0.717, 1.165) is 12.0 Å². The lowest BCUT2D eigenvalue weighted by Crippen LogP contribution is -2.44. The number of halogens is 2. The van der Waals surface area contributed by atoms with Crippen LogP contribution in [-0.2, 0) is 18.4 Å². The number of aromatic nitrogens is 3. The Morgan fingerprint density at radius 2 is 2.18 bits per heavy atom. The van der Waals surface area contributed by atoms with Crippen molar-refractivity contribution in [3.05, 3.63) is 47.5 Å². The first kappa shape index (κ1) is 18.5. The average Bonchev–Trinajstić information content (AvgIpc) is 3.29. The zero-order valence-electron chi connectivity index (χ0n) is 15.5. The summed E-state index contributed by atoms with van der Waals surface area (Å²) in [4.78, 5) is 33.1. The van der Waals surface area contributed by atoms with Gasteiger partial charge in [0.15, 0.2) is 0 Å². The van der Waals surface area contributed by atoms with Crippen LogP contribution in [0.25, 0.3) is 0 Å². The largest absolute Gasteiger partial charge is 0.338 e. The number of nitrogens with zero attached hydrogens (tertiary/aromatic N) is 5. The van der Waals surface area contributed by atoms with Gasteiger partial charge in [0, 0.05) is 51.8 Å². The third-order valence-electron chi connectivity index (χ3n) is 5.52. The van der Waals surface area contributed by atoms with Crippen LogP contribution in [0.15, 0.2) is 30.7 Å². The molecule has 2 saturated heterocycles. The molecule has 148 valence electrons. The summed E-state index contributed by atoms with van der Waals surface area (Å²) < 4.78 is 27.6. The molecule has 2 aliphatic rings. The minimum atomic E-state index is -2.82. The summed E-state index contributed by atoms with van der Waals surface area (Å²) in [7, 11) is 1.51. The van der Waals surface area contributed by atoms with Crippen LogP contribution in [0.3, 0.4) is 0 Å². The minimum Gasteiger partial charge on any atom is -0.338 e. The standard InChI is InChI=1S/C19H21F2N5O2/c1-24-10-15(16(23-24)17(20)21)19(28)26-9-13-4-6-25(18(27)14(13)11-26)8-12-3-2-5-22-7-12/h2-3,5,7,10,13-14,17H,4,6,8-9,11H2,1H3/t13-,14-/m1/s1. The molecular formula is C19H21F2N5O2. The molecule has 0 spiro atoms. The molecule has 4 heterocycles. The van der Waals surface area contributed by atoms with Gasteiger partial charge in [-0.15, -0.1) is 0 Å². The van der Waals surface area contributed by atoms with E-state index in [-0.39, 0.29) is 29.9 Å². The van der Waals surface area contributed by atoms with Gasteiger partial charge in [-0.1, -0.05) is 6.07 Å². The van der Waals surface area contributed by atoms with Crippen molar-refractivity contribution < 1.29 is 18.4 Å². The number of hydrogen-bond donors (Lipinski definition) is 0. The number of carbonyl (C=O) groups is 2. The number of rotatable bonds is 4. The van der Waals surface area contributed by atoms with Crippen molar-refractivity contribution in [2.75, 3.05) is 19.6 Å². The molecule has 2 atom stereocenters. The summed E-state index contributed by atoms with van der Waals surface area (Å²) in [6.07, 6.45) is 2.71. The molecule has 0 aliphatic carbocycles. The van der Waals surface area contributed by atoms with Gasteiger partial charge < -0.3 is 9.80 Å². The molecule has 2 aromatic heterocycles. The smallest absolute Gasteiger partial charge is 0.282 e. The van der Waals surface area contributed by atoms with E-state index in [1.807, 2.05) is 12.1 Å². The molecular weight excluding hydrogens is 368 g/mol. The average molecular weight is 389 g/mol. The first-order chi connectivity index (χ1) is 13.4. The number of amides is 2. The number of carbonyl (C=O) groups excluding carboxylic acids is 2. The van der Waals surface area contributed by atoms with Crippen molar-refractivity contribution in [1.29, 1.82) is 0 Å². The van der Waals surface area contributed by atoms with Crippen molar-refractivity contribution in [3.8, 4) is 0 Å². The molecule has 2 fully saturated rings. The van der Waals surface area contributed by atoms with Gasteiger partial charge in [0.25, 0.3) is 12.3 Å². The Labute approximate surface area is 160 Å². The second-order valence-corrected chi connectivity index (χ2v) is 7.39. The number of likely N-dealkylation sites (tertiary alicyclic amines) is 2. The number of aryl methyl sites for hydroxylation is 1. The maximum absolute atomic E-state index is 13.2. The highest BCUT2D eigenvalue weighted by Crippen LogP contribution is 2.34. The molecule has 0 unspecified atom stereocenters. The van der Waals surface area contributed by atoms with Crippen LogP contribution >= 0.6 is 0 Å². The number of pyridine rings is 1. The maximum Gasteiger partial charge on any atom is 0.282 e. The number of alkyl halides is 2. The zero-order valence-corrected chi connectivity index (χ0v) is 15.5. The minimum absolute atomic E-state index is 0.00988. The van der Waals surface area contributed by atoms with Crippen molar-refractivity contribution >= 4 is 11.8 Å². The number of piperidine rings is 1. The third-order valence-corrected chi connectivity index (χ3v) is 5.52.